The fourth-order valence-electron chi connectivity index (χ4n) is 2.30. The van der Waals surface area contributed by atoms with E-state index in [1.54, 1.807) is 17.4 Å². The predicted octanol–water partition coefficient (Wildman–Crippen LogP) is 2.84. The van der Waals surface area contributed by atoms with E-state index in [9.17, 15) is 13.2 Å². The highest BCUT2D eigenvalue weighted by Gasteiger charge is 2.31. The zero-order valence-electron chi connectivity index (χ0n) is 11.9. The number of halogens is 3. The van der Waals surface area contributed by atoms with Crippen LogP contribution in [0.15, 0.2) is 24.3 Å². The molecule has 1 fully saturated rings. The third-order valence-electron chi connectivity index (χ3n) is 3.52. The summed E-state index contributed by atoms with van der Waals surface area (Å²) in [4.78, 5) is 2.11. The van der Waals surface area contributed by atoms with E-state index in [1.807, 2.05) is 6.92 Å². The number of hydrogen-bond acceptors (Lipinski definition) is 5. The number of nitrogens with zero attached hydrogens (tertiary/aromatic N) is 3. The molecule has 0 bridgehead atoms. The Balaban J connectivity index is 1.50. The largest absolute Gasteiger partial charge is 0.416 e. The number of benzene rings is 1. The first-order chi connectivity index (χ1) is 10.4. The molecule has 2 aromatic rings. The minimum absolute atomic E-state index is 0.263. The number of hydrogen-bond donors (Lipinski definition) is 1. The molecular formula is C14H15F3N4S. The molecule has 22 heavy (non-hydrogen) atoms. The van der Waals surface area contributed by atoms with Crippen LogP contribution in [-0.4, -0.2) is 29.3 Å². The van der Waals surface area contributed by atoms with Crippen LogP contribution in [0.1, 0.15) is 16.1 Å². The summed E-state index contributed by atoms with van der Waals surface area (Å²) in [6, 6.07) is 5.69. The maximum Gasteiger partial charge on any atom is 0.416 e. The van der Waals surface area contributed by atoms with Crippen molar-refractivity contribution >= 4 is 16.5 Å². The van der Waals surface area contributed by atoms with E-state index in [0.29, 0.717) is 12.1 Å². The molecule has 4 nitrogen and oxygen atoms in total. The normalized spacial score (nSPS) is 15.9. The van der Waals surface area contributed by atoms with Gasteiger partial charge >= 0.3 is 6.18 Å². The summed E-state index contributed by atoms with van der Waals surface area (Å²) < 4.78 is 37.9. The fraction of sp³-hybridized carbons (Fsp3) is 0.429. The van der Waals surface area contributed by atoms with E-state index in [4.69, 9.17) is 0 Å². The van der Waals surface area contributed by atoms with Gasteiger partial charge in [0.1, 0.15) is 5.01 Å². The molecule has 0 unspecified atom stereocenters. The van der Waals surface area contributed by atoms with E-state index in [-0.39, 0.29) is 6.04 Å². The van der Waals surface area contributed by atoms with Crippen LogP contribution in [0.25, 0.3) is 0 Å². The van der Waals surface area contributed by atoms with Gasteiger partial charge in [-0.25, -0.2) is 0 Å². The van der Waals surface area contributed by atoms with Gasteiger partial charge in [0, 0.05) is 25.7 Å². The Morgan fingerprint density at radius 1 is 1.32 bits per heavy atom. The monoisotopic (exact) mass is 328 g/mol. The number of alkyl halides is 3. The molecule has 0 radical (unpaired) electrons. The average molecular weight is 328 g/mol. The highest BCUT2D eigenvalue weighted by Crippen LogP contribution is 2.29. The Morgan fingerprint density at radius 2 is 2.09 bits per heavy atom. The van der Waals surface area contributed by atoms with Crippen LogP contribution in [0.3, 0.4) is 0 Å². The number of aryl methyl sites for hydroxylation is 1. The third-order valence-corrected chi connectivity index (χ3v) is 4.42. The molecule has 3 rings (SSSR count). The summed E-state index contributed by atoms with van der Waals surface area (Å²) >= 11 is 1.54. The van der Waals surface area contributed by atoms with Gasteiger partial charge in [0.2, 0.25) is 5.13 Å². The van der Waals surface area contributed by atoms with E-state index >= 15 is 0 Å². The molecule has 0 spiro atoms. The lowest BCUT2D eigenvalue weighted by atomic mass is 10.1. The Labute approximate surface area is 130 Å². The smallest absolute Gasteiger partial charge is 0.343 e. The van der Waals surface area contributed by atoms with Gasteiger partial charge in [-0.2, -0.15) is 13.2 Å². The number of aromatic nitrogens is 2. The quantitative estimate of drug-likeness (QED) is 0.937. The SMILES string of the molecule is Cc1nnc(N2CC(NCc3cccc(C(F)(F)F)c3)C2)s1. The lowest BCUT2D eigenvalue weighted by molar-refractivity contribution is -0.137. The van der Waals surface area contributed by atoms with Gasteiger partial charge < -0.3 is 10.2 Å². The van der Waals surface area contributed by atoms with Crippen LogP contribution in [0, 0.1) is 6.92 Å². The summed E-state index contributed by atoms with van der Waals surface area (Å²) in [6.45, 7) is 3.93. The zero-order valence-corrected chi connectivity index (χ0v) is 12.7. The van der Waals surface area contributed by atoms with Crippen molar-refractivity contribution < 1.29 is 13.2 Å². The van der Waals surface area contributed by atoms with Crippen LogP contribution < -0.4 is 10.2 Å². The molecule has 0 amide bonds. The van der Waals surface area contributed by atoms with Gasteiger partial charge in [0.15, 0.2) is 0 Å². The molecule has 2 heterocycles. The third kappa shape index (κ3) is 3.38. The first-order valence-electron chi connectivity index (χ1n) is 6.86. The van der Waals surface area contributed by atoms with Crippen molar-refractivity contribution in [3.05, 3.63) is 40.4 Å². The van der Waals surface area contributed by atoms with Crippen LogP contribution >= 0.6 is 11.3 Å². The van der Waals surface area contributed by atoms with Gasteiger partial charge in [-0.1, -0.05) is 29.5 Å². The van der Waals surface area contributed by atoms with Crippen LogP contribution in [-0.2, 0) is 12.7 Å². The van der Waals surface area contributed by atoms with Gasteiger partial charge in [0.05, 0.1) is 5.56 Å². The fourth-order valence-corrected chi connectivity index (χ4v) is 3.00. The van der Waals surface area contributed by atoms with Crippen molar-refractivity contribution in [2.75, 3.05) is 18.0 Å². The van der Waals surface area contributed by atoms with E-state index in [2.05, 4.69) is 20.4 Å². The lowest BCUT2D eigenvalue weighted by Gasteiger charge is -2.39. The molecule has 0 aliphatic carbocycles. The molecule has 0 saturated carbocycles. The summed E-state index contributed by atoms with van der Waals surface area (Å²) in [5.74, 6) is 0. The second-order valence-electron chi connectivity index (χ2n) is 5.28. The Kier molecular flexibility index (Phi) is 4.05. The van der Waals surface area contributed by atoms with Gasteiger partial charge in [-0.3, -0.25) is 0 Å². The van der Waals surface area contributed by atoms with Crippen molar-refractivity contribution in [2.24, 2.45) is 0 Å². The summed E-state index contributed by atoms with van der Waals surface area (Å²) in [5.41, 5.74) is 0.0337. The van der Waals surface area contributed by atoms with Crippen molar-refractivity contribution in [1.82, 2.24) is 15.5 Å². The summed E-state index contributed by atoms with van der Waals surface area (Å²) in [6.07, 6.45) is -4.29. The summed E-state index contributed by atoms with van der Waals surface area (Å²) in [5, 5.41) is 13.1. The first kappa shape index (κ1) is 15.2. The van der Waals surface area contributed by atoms with Gasteiger partial charge in [-0.05, 0) is 18.6 Å². The van der Waals surface area contributed by atoms with Crippen LogP contribution in [0.2, 0.25) is 0 Å². The molecule has 1 aromatic heterocycles. The van der Waals surface area contributed by atoms with Crippen molar-refractivity contribution in [2.45, 2.75) is 25.7 Å². The van der Waals surface area contributed by atoms with Crippen molar-refractivity contribution in [1.29, 1.82) is 0 Å². The van der Waals surface area contributed by atoms with E-state index < -0.39 is 11.7 Å². The highest BCUT2D eigenvalue weighted by molar-refractivity contribution is 7.15. The highest BCUT2D eigenvalue weighted by atomic mass is 32.1. The maximum atomic E-state index is 12.6. The standard InChI is InChI=1S/C14H15F3N4S/c1-9-19-20-13(22-9)21-7-12(8-21)18-6-10-3-2-4-11(5-10)14(15,16)17/h2-5,12,18H,6-8H2,1H3. The molecule has 8 heteroatoms. The van der Waals surface area contributed by atoms with Gasteiger partial charge in [-0.15, -0.1) is 10.2 Å². The minimum Gasteiger partial charge on any atom is -0.343 e. The Hall–Kier alpha value is -1.67. The average Bonchev–Trinajstić information content (AvgIpc) is 2.83. The Bertz CT molecular complexity index is 650. The molecule has 1 aliphatic heterocycles. The Morgan fingerprint density at radius 3 is 2.73 bits per heavy atom. The molecule has 0 atom stereocenters. The van der Waals surface area contributed by atoms with E-state index in [1.165, 1.54) is 12.1 Å². The topological polar surface area (TPSA) is 41.1 Å². The number of rotatable bonds is 4. The zero-order chi connectivity index (χ0) is 15.7. The molecule has 118 valence electrons. The molecule has 1 aliphatic rings. The van der Waals surface area contributed by atoms with Crippen molar-refractivity contribution in [3.63, 3.8) is 0 Å². The number of anilines is 1. The predicted molar refractivity (Wildman–Crippen MR) is 78.9 cm³/mol. The van der Waals surface area contributed by atoms with Crippen LogP contribution in [0.4, 0.5) is 18.3 Å². The lowest BCUT2D eigenvalue weighted by Crippen LogP contribution is -2.57. The minimum atomic E-state index is -4.29. The second kappa shape index (κ2) is 5.85. The number of nitrogens with one attached hydrogen (secondary N) is 1. The first-order valence-corrected chi connectivity index (χ1v) is 7.68. The molecule has 1 N–H and O–H groups in total. The molecular weight excluding hydrogens is 313 g/mol. The second-order valence-corrected chi connectivity index (χ2v) is 6.44. The van der Waals surface area contributed by atoms with E-state index in [0.717, 1.165) is 29.3 Å². The summed E-state index contributed by atoms with van der Waals surface area (Å²) in [7, 11) is 0. The molecule has 1 saturated heterocycles. The molecule has 1 aromatic carbocycles. The van der Waals surface area contributed by atoms with Crippen LogP contribution in [0.5, 0.6) is 0 Å². The van der Waals surface area contributed by atoms with Gasteiger partial charge in [0.25, 0.3) is 0 Å². The maximum absolute atomic E-state index is 12.6. The van der Waals surface area contributed by atoms with Crippen molar-refractivity contribution in [3.8, 4) is 0 Å².